The molecule has 0 spiro atoms. The molecular weight excluding hydrogens is 267 g/mol. The lowest BCUT2D eigenvalue weighted by Gasteiger charge is -2.23. The smallest absolute Gasteiger partial charge is 0.404 e. The molecule has 4 N–H and O–H groups in total. The maximum absolute atomic E-state index is 14.2. The van der Waals surface area contributed by atoms with Gasteiger partial charge >= 0.3 is 6.09 Å². The molecule has 1 fully saturated rings. The number of carboxylic acid groups (broad SMARTS) is 1. The van der Waals surface area contributed by atoms with Crippen molar-refractivity contribution in [2.45, 2.75) is 44.2 Å². The Morgan fingerprint density at radius 1 is 1.65 bits per heavy atom. The quantitative estimate of drug-likeness (QED) is 0.758. The van der Waals surface area contributed by atoms with Crippen molar-refractivity contribution in [1.82, 2.24) is 15.1 Å². The number of nitrogens with one attached hydrogen (secondary N) is 1. The monoisotopic (exact) mass is 286 g/mol. The lowest BCUT2D eigenvalue weighted by Crippen LogP contribution is -2.44. The number of amides is 1. The number of hydrogen-bond donors (Lipinski definition) is 3. The van der Waals surface area contributed by atoms with Crippen molar-refractivity contribution in [2.75, 3.05) is 5.73 Å². The summed E-state index contributed by atoms with van der Waals surface area (Å²) in [6.45, 7) is 1.59. The minimum atomic E-state index is -1.40. The molecule has 1 aliphatic rings. The van der Waals surface area contributed by atoms with Crippen molar-refractivity contribution in [1.29, 1.82) is 0 Å². The van der Waals surface area contributed by atoms with Crippen LogP contribution in [0.4, 0.5) is 14.9 Å². The molecule has 0 aliphatic carbocycles. The van der Waals surface area contributed by atoms with E-state index in [1.807, 2.05) is 0 Å². The van der Waals surface area contributed by atoms with Crippen LogP contribution in [-0.2, 0) is 11.8 Å². The third-order valence-electron chi connectivity index (χ3n) is 3.58. The number of halogens is 1. The summed E-state index contributed by atoms with van der Waals surface area (Å²) >= 11 is 0. The number of aromatic nitrogens is 2. The maximum Gasteiger partial charge on any atom is 0.404 e. The van der Waals surface area contributed by atoms with Gasteiger partial charge in [0.2, 0.25) is 0 Å². The first kappa shape index (κ1) is 14.6. The topological polar surface area (TPSA) is 102 Å². The zero-order chi connectivity index (χ0) is 14.9. The van der Waals surface area contributed by atoms with Gasteiger partial charge in [0, 0.05) is 7.05 Å². The summed E-state index contributed by atoms with van der Waals surface area (Å²) < 4.78 is 21.5. The van der Waals surface area contributed by atoms with Crippen LogP contribution in [0.2, 0.25) is 0 Å². The first-order valence-electron chi connectivity index (χ1n) is 6.46. The van der Waals surface area contributed by atoms with Crippen LogP contribution in [0.15, 0.2) is 6.20 Å². The second-order valence-electron chi connectivity index (χ2n) is 5.02. The Morgan fingerprint density at radius 3 is 2.90 bits per heavy atom. The van der Waals surface area contributed by atoms with Crippen LogP contribution < -0.4 is 11.1 Å². The number of nitrogen functional groups attached to an aromatic ring is 1. The van der Waals surface area contributed by atoms with Crippen molar-refractivity contribution in [3.05, 3.63) is 11.9 Å². The van der Waals surface area contributed by atoms with Gasteiger partial charge < -0.3 is 20.9 Å². The second kappa shape index (κ2) is 5.66. The molecule has 0 radical (unpaired) electrons. The molecule has 112 valence electrons. The lowest BCUT2D eigenvalue weighted by atomic mass is 10.0. The molecule has 2 rings (SSSR count). The molecule has 0 bridgehead atoms. The first-order valence-corrected chi connectivity index (χ1v) is 6.46. The Bertz CT molecular complexity index is 474. The summed E-state index contributed by atoms with van der Waals surface area (Å²) in [6.07, 6.45) is -1.42. The number of rotatable bonds is 2. The largest absolute Gasteiger partial charge is 0.465 e. The Hall–Kier alpha value is -1.83. The molecule has 0 aromatic carbocycles. The van der Waals surface area contributed by atoms with Gasteiger partial charge in [-0.3, -0.25) is 4.68 Å². The highest BCUT2D eigenvalue weighted by Gasteiger charge is 2.36. The molecule has 1 aromatic rings. The maximum atomic E-state index is 14.2. The van der Waals surface area contributed by atoms with E-state index < -0.39 is 30.5 Å². The van der Waals surface area contributed by atoms with Gasteiger partial charge in [-0.15, -0.1) is 0 Å². The molecule has 0 unspecified atom stereocenters. The fourth-order valence-corrected chi connectivity index (χ4v) is 2.59. The Labute approximate surface area is 115 Å². The molecule has 20 heavy (non-hydrogen) atoms. The van der Waals surface area contributed by atoms with Crippen molar-refractivity contribution in [3.8, 4) is 0 Å². The number of anilines is 1. The highest BCUT2D eigenvalue weighted by atomic mass is 19.1. The Morgan fingerprint density at radius 2 is 2.35 bits per heavy atom. The predicted molar refractivity (Wildman–Crippen MR) is 70.0 cm³/mol. The minimum absolute atomic E-state index is 0.340. The molecule has 1 saturated heterocycles. The third kappa shape index (κ3) is 2.84. The molecule has 7 nitrogen and oxygen atoms in total. The fourth-order valence-electron chi connectivity index (χ4n) is 2.59. The molecule has 1 amide bonds. The van der Waals surface area contributed by atoms with Crippen LogP contribution in [0.5, 0.6) is 0 Å². The van der Waals surface area contributed by atoms with E-state index in [9.17, 15) is 9.18 Å². The van der Waals surface area contributed by atoms with Crippen LogP contribution in [-0.4, -0.2) is 39.3 Å². The van der Waals surface area contributed by atoms with E-state index in [-0.39, 0.29) is 0 Å². The molecule has 2 heterocycles. The second-order valence-corrected chi connectivity index (χ2v) is 5.02. The number of ether oxygens (including phenoxy) is 1. The number of nitrogens with zero attached hydrogens (tertiary/aromatic N) is 2. The zero-order valence-electron chi connectivity index (χ0n) is 11.4. The van der Waals surface area contributed by atoms with Crippen LogP contribution >= 0.6 is 0 Å². The molecular formula is C12H19FN4O3. The van der Waals surface area contributed by atoms with Crippen LogP contribution in [0, 0.1) is 0 Å². The highest BCUT2D eigenvalue weighted by molar-refractivity contribution is 5.65. The van der Waals surface area contributed by atoms with Gasteiger partial charge in [0.1, 0.15) is 12.3 Å². The number of carbonyl (C=O) groups is 1. The highest BCUT2D eigenvalue weighted by Crippen LogP contribution is 2.33. The lowest BCUT2D eigenvalue weighted by molar-refractivity contribution is -0.0377. The van der Waals surface area contributed by atoms with E-state index in [1.165, 1.54) is 6.20 Å². The molecule has 1 aromatic heterocycles. The summed E-state index contributed by atoms with van der Waals surface area (Å²) in [5.74, 6) is 0. The summed E-state index contributed by atoms with van der Waals surface area (Å²) in [6, 6.07) is -0.776. The van der Waals surface area contributed by atoms with Crippen LogP contribution in [0.3, 0.4) is 0 Å². The summed E-state index contributed by atoms with van der Waals surface area (Å²) in [5.41, 5.74) is 7.04. The van der Waals surface area contributed by atoms with Gasteiger partial charge in [-0.1, -0.05) is 0 Å². The molecule has 8 heteroatoms. The van der Waals surface area contributed by atoms with Gasteiger partial charge in [0.25, 0.3) is 0 Å². The number of hydrogen-bond acceptors (Lipinski definition) is 4. The van der Waals surface area contributed by atoms with Gasteiger partial charge in [-0.05, 0) is 19.8 Å². The van der Waals surface area contributed by atoms with Gasteiger partial charge in [-0.25, -0.2) is 9.18 Å². The average Bonchev–Trinajstić information content (AvgIpc) is 2.64. The summed E-state index contributed by atoms with van der Waals surface area (Å²) in [5, 5.41) is 15.0. The number of alkyl halides is 1. The van der Waals surface area contributed by atoms with Gasteiger partial charge in [0.05, 0.1) is 29.7 Å². The fraction of sp³-hybridized carbons (Fsp3) is 0.667. The van der Waals surface area contributed by atoms with Crippen LogP contribution in [0.1, 0.15) is 31.6 Å². The molecule has 0 saturated carbocycles. The normalized spacial score (nSPS) is 30.8. The zero-order valence-corrected chi connectivity index (χ0v) is 11.4. The first-order chi connectivity index (χ1) is 9.40. The van der Waals surface area contributed by atoms with Crippen molar-refractivity contribution >= 4 is 11.8 Å². The van der Waals surface area contributed by atoms with E-state index in [0.29, 0.717) is 24.2 Å². The summed E-state index contributed by atoms with van der Waals surface area (Å²) in [4.78, 5) is 10.7. The third-order valence-corrected chi connectivity index (χ3v) is 3.58. The van der Waals surface area contributed by atoms with E-state index >= 15 is 0 Å². The van der Waals surface area contributed by atoms with Gasteiger partial charge in [-0.2, -0.15) is 5.10 Å². The standard InChI is InChI=1S/C12H19FN4O3/c1-6-10(13)8(16-12(18)19)3-4-9(20-6)11-7(14)5-15-17(11)2/h5-6,8-10,16H,3-4,14H2,1-2H3,(H,18,19)/t6-,8+,9-,10+/m0/s1. The Kier molecular flexibility index (Phi) is 4.12. The van der Waals surface area contributed by atoms with E-state index in [4.69, 9.17) is 15.6 Å². The van der Waals surface area contributed by atoms with Crippen molar-refractivity contribution < 1.29 is 19.0 Å². The molecule has 4 atom stereocenters. The van der Waals surface area contributed by atoms with Crippen molar-refractivity contribution in [2.24, 2.45) is 7.05 Å². The van der Waals surface area contributed by atoms with Crippen molar-refractivity contribution in [3.63, 3.8) is 0 Å². The minimum Gasteiger partial charge on any atom is -0.465 e. The Balaban J connectivity index is 2.18. The summed E-state index contributed by atoms with van der Waals surface area (Å²) in [7, 11) is 1.74. The molecule has 1 aliphatic heterocycles. The van der Waals surface area contributed by atoms with E-state index in [1.54, 1.807) is 18.7 Å². The van der Waals surface area contributed by atoms with Gasteiger partial charge in [0.15, 0.2) is 0 Å². The average molecular weight is 286 g/mol. The van der Waals surface area contributed by atoms with Crippen LogP contribution in [0.25, 0.3) is 0 Å². The number of aryl methyl sites for hydroxylation is 1. The number of nitrogens with two attached hydrogens (primary N) is 1. The SMILES string of the molecule is C[C@@H]1O[C@H](c2c(N)cnn2C)CC[C@@H](NC(=O)O)[C@@H]1F. The predicted octanol–water partition coefficient (Wildman–Crippen LogP) is 1.22. The van der Waals surface area contributed by atoms with E-state index in [0.717, 1.165) is 0 Å². The van der Waals surface area contributed by atoms with E-state index in [2.05, 4.69) is 10.4 Å².